The third-order valence-corrected chi connectivity index (χ3v) is 1.49. The van der Waals surface area contributed by atoms with E-state index in [0.29, 0.717) is 0 Å². The number of hydrogen-bond acceptors (Lipinski definition) is 3. The molecule has 0 saturated heterocycles. The predicted octanol–water partition coefficient (Wildman–Crippen LogP) is -1.46. The first-order valence-corrected chi connectivity index (χ1v) is 3.68. The standard InChI is InChI=1S/C7H15N3O2/c1-5(7(8)12)9-4-6(11)10(2)3/h5,9H,4H2,1-3H3,(H2,8,12). The predicted molar refractivity (Wildman–Crippen MR) is 45.4 cm³/mol. The Hall–Kier alpha value is -1.10. The number of nitrogens with zero attached hydrogens (tertiary/aromatic N) is 1. The molecule has 5 nitrogen and oxygen atoms in total. The van der Waals surface area contributed by atoms with Crippen molar-refractivity contribution < 1.29 is 9.59 Å². The molecule has 5 heteroatoms. The molecule has 0 aromatic heterocycles. The lowest BCUT2D eigenvalue weighted by atomic mass is 10.3. The average molecular weight is 173 g/mol. The molecule has 0 aromatic carbocycles. The molecule has 0 aliphatic carbocycles. The molecular weight excluding hydrogens is 158 g/mol. The van der Waals surface area contributed by atoms with Crippen molar-refractivity contribution in [1.29, 1.82) is 0 Å². The largest absolute Gasteiger partial charge is 0.368 e. The van der Waals surface area contributed by atoms with Crippen LogP contribution < -0.4 is 11.1 Å². The molecular formula is C7H15N3O2. The number of nitrogens with one attached hydrogen (secondary N) is 1. The molecule has 12 heavy (non-hydrogen) atoms. The molecule has 0 spiro atoms. The van der Waals surface area contributed by atoms with Gasteiger partial charge in [-0.25, -0.2) is 0 Å². The van der Waals surface area contributed by atoms with E-state index >= 15 is 0 Å². The van der Waals surface area contributed by atoms with Gasteiger partial charge in [0.05, 0.1) is 12.6 Å². The molecule has 0 fully saturated rings. The quantitative estimate of drug-likeness (QED) is 0.545. The van der Waals surface area contributed by atoms with Gasteiger partial charge in [-0.1, -0.05) is 0 Å². The van der Waals surface area contributed by atoms with E-state index < -0.39 is 11.9 Å². The van der Waals surface area contributed by atoms with E-state index in [4.69, 9.17) is 5.73 Å². The van der Waals surface area contributed by atoms with Crippen LogP contribution in [0.3, 0.4) is 0 Å². The molecule has 70 valence electrons. The number of carbonyl (C=O) groups is 2. The topological polar surface area (TPSA) is 75.4 Å². The molecule has 1 unspecified atom stereocenters. The molecule has 3 N–H and O–H groups in total. The van der Waals surface area contributed by atoms with Crippen molar-refractivity contribution in [2.45, 2.75) is 13.0 Å². The number of likely N-dealkylation sites (N-methyl/N-ethyl adjacent to an activating group) is 1. The Morgan fingerprint density at radius 2 is 2.00 bits per heavy atom. The summed E-state index contributed by atoms with van der Waals surface area (Å²) in [4.78, 5) is 22.9. The second-order valence-corrected chi connectivity index (χ2v) is 2.79. The minimum atomic E-state index is -0.464. The number of hydrogen-bond donors (Lipinski definition) is 2. The summed E-state index contributed by atoms with van der Waals surface area (Å²) in [5.41, 5.74) is 4.97. The van der Waals surface area contributed by atoms with Gasteiger partial charge in [-0.15, -0.1) is 0 Å². The average Bonchev–Trinajstić information content (AvgIpc) is 1.98. The van der Waals surface area contributed by atoms with Crippen LogP contribution in [0.4, 0.5) is 0 Å². The molecule has 0 aromatic rings. The maximum absolute atomic E-state index is 11.0. The van der Waals surface area contributed by atoms with Crippen molar-refractivity contribution in [2.24, 2.45) is 5.73 Å². The van der Waals surface area contributed by atoms with Gasteiger partial charge in [0.25, 0.3) is 0 Å². The van der Waals surface area contributed by atoms with Crippen LogP contribution >= 0.6 is 0 Å². The lowest BCUT2D eigenvalue weighted by molar-refractivity contribution is -0.128. The summed E-state index contributed by atoms with van der Waals surface area (Å²) in [6, 6.07) is -0.464. The third kappa shape index (κ3) is 3.92. The highest BCUT2D eigenvalue weighted by Crippen LogP contribution is 1.80. The summed E-state index contributed by atoms with van der Waals surface area (Å²) < 4.78 is 0. The normalized spacial score (nSPS) is 12.2. The van der Waals surface area contributed by atoms with Gasteiger partial charge in [-0.3, -0.25) is 14.9 Å². The Balaban J connectivity index is 3.69. The van der Waals surface area contributed by atoms with E-state index in [2.05, 4.69) is 5.32 Å². The van der Waals surface area contributed by atoms with Gasteiger partial charge in [0.15, 0.2) is 0 Å². The second-order valence-electron chi connectivity index (χ2n) is 2.79. The van der Waals surface area contributed by atoms with E-state index in [0.717, 1.165) is 0 Å². The zero-order valence-corrected chi connectivity index (χ0v) is 7.63. The van der Waals surface area contributed by atoms with Crippen molar-refractivity contribution in [2.75, 3.05) is 20.6 Å². The Morgan fingerprint density at radius 1 is 1.50 bits per heavy atom. The molecule has 0 rings (SSSR count). The van der Waals surface area contributed by atoms with Gasteiger partial charge in [-0.05, 0) is 6.92 Å². The van der Waals surface area contributed by atoms with Crippen LogP contribution in [0, 0.1) is 0 Å². The van der Waals surface area contributed by atoms with Crippen molar-refractivity contribution in [3.63, 3.8) is 0 Å². The fourth-order valence-corrected chi connectivity index (χ4v) is 0.499. The van der Waals surface area contributed by atoms with Crippen LogP contribution in [0.1, 0.15) is 6.92 Å². The first kappa shape index (κ1) is 10.9. The molecule has 0 aliphatic heterocycles. The van der Waals surface area contributed by atoms with Crippen molar-refractivity contribution in [3.8, 4) is 0 Å². The molecule has 0 saturated carbocycles. The first-order chi connectivity index (χ1) is 5.45. The van der Waals surface area contributed by atoms with Crippen molar-refractivity contribution in [3.05, 3.63) is 0 Å². The fourth-order valence-electron chi connectivity index (χ4n) is 0.499. The van der Waals surface area contributed by atoms with Crippen LogP contribution in [-0.2, 0) is 9.59 Å². The lowest BCUT2D eigenvalue weighted by Crippen LogP contribution is -2.43. The zero-order valence-electron chi connectivity index (χ0n) is 7.63. The summed E-state index contributed by atoms with van der Waals surface area (Å²) in [7, 11) is 3.30. The lowest BCUT2D eigenvalue weighted by Gasteiger charge is -2.13. The molecule has 0 bridgehead atoms. The maximum atomic E-state index is 11.0. The van der Waals surface area contributed by atoms with Gasteiger partial charge < -0.3 is 10.6 Å². The summed E-state index contributed by atoms with van der Waals surface area (Å²) in [5.74, 6) is -0.537. The van der Waals surface area contributed by atoms with E-state index in [9.17, 15) is 9.59 Å². The Kier molecular flexibility index (Phi) is 4.28. The summed E-state index contributed by atoms with van der Waals surface area (Å²) in [6.45, 7) is 1.75. The Bertz CT molecular complexity index is 179. The Morgan fingerprint density at radius 3 is 2.33 bits per heavy atom. The van der Waals surface area contributed by atoms with Gasteiger partial charge in [0.2, 0.25) is 11.8 Å². The highest BCUT2D eigenvalue weighted by Gasteiger charge is 2.10. The second kappa shape index (κ2) is 4.71. The van der Waals surface area contributed by atoms with Gasteiger partial charge >= 0.3 is 0 Å². The minimum Gasteiger partial charge on any atom is -0.368 e. The van der Waals surface area contributed by atoms with Crippen LogP contribution in [0.15, 0.2) is 0 Å². The molecule has 2 amide bonds. The van der Waals surface area contributed by atoms with Crippen LogP contribution in [-0.4, -0.2) is 43.4 Å². The van der Waals surface area contributed by atoms with E-state index in [1.54, 1.807) is 21.0 Å². The van der Waals surface area contributed by atoms with Crippen LogP contribution in [0.2, 0.25) is 0 Å². The van der Waals surface area contributed by atoms with Gasteiger partial charge in [0, 0.05) is 14.1 Å². The van der Waals surface area contributed by atoms with E-state index in [1.807, 2.05) is 0 Å². The van der Waals surface area contributed by atoms with Gasteiger partial charge in [-0.2, -0.15) is 0 Å². The number of nitrogens with two attached hydrogens (primary N) is 1. The number of carbonyl (C=O) groups excluding carboxylic acids is 2. The van der Waals surface area contributed by atoms with E-state index in [-0.39, 0.29) is 12.5 Å². The third-order valence-electron chi connectivity index (χ3n) is 1.49. The number of amides is 2. The number of primary amides is 1. The highest BCUT2D eigenvalue weighted by molar-refractivity contribution is 5.81. The minimum absolute atomic E-state index is 0.0805. The first-order valence-electron chi connectivity index (χ1n) is 3.68. The molecule has 0 radical (unpaired) electrons. The van der Waals surface area contributed by atoms with Crippen LogP contribution in [0.25, 0.3) is 0 Å². The zero-order chi connectivity index (χ0) is 9.72. The van der Waals surface area contributed by atoms with Crippen LogP contribution in [0.5, 0.6) is 0 Å². The summed E-state index contributed by atoms with van der Waals surface area (Å²) in [5, 5.41) is 2.70. The smallest absolute Gasteiger partial charge is 0.236 e. The monoisotopic (exact) mass is 173 g/mol. The highest BCUT2D eigenvalue weighted by atomic mass is 16.2. The molecule has 0 aliphatic rings. The SMILES string of the molecule is CC(NCC(=O)N(C)C)C(N)=O. The van der Waals surface area contributed by atoms with Crippen molar-refractivity contribution >= 4 is 11.8 Å². The van der Waals surface area contributed by atoms with Crippen molar-refractivity contribution in [1.82, 2.24) is 10.2 Å². The Labute approximate surface area is 71.9 Å². The summed E-state index contributed by atoms with van der Waals surface area (Å²) >= 11 is 0. The molecule has 0 heterocycles. The molecule has 1 atom stereocenters. The van der Waals surface area contributed by atoms with Gasteiger partial charge in [0.1, 0.15) is 0 Å². The fraction of sp³-hybridized carbons (Fsp3) is 0.714. The van der Waals surface area contributed by atoms with E-state index in [1.165, 1.54) is 4.90 Å². The summed E-state index contributed by atoms with van der Waals surface area (Å²) in [6.07, 6.45) is 0. The number of rotatable bonds is 4. The maximum Gasteiger partial charge on any atom is 0.236 e.